The number of fused-ring (bicyclic) bond motifs is 1. The minimum Gasteiger partial charge on any atom is -0.356 e. The van der Waals surface area contributed by atoms with Crippen molar-refractivity contribution in [2.45, 2.75) is 51.5 Å². The molecule has 0 amide bonds. The Bertz CT molecular complexity index is 709. The van der Waals surface area contributed by atoms with E-state index in [1.165, 1.54) is 32.4 Å². The number of guanidine groups is 1. The lowest BCUT2D eigenvalue weighted by Crippen LogP contribution is -2.54. The molecule has 3 rings (SSSR count). The van der Waals surface area contributed by atoms with Crippen molar-refractivity contribution in [3.63, 3.8) is 0 Å². The molecule has 0 saturated carbocycles. The fourth-order valence-electron chi connectivity index (χ4n) is 3.72. The number of hydrogen-bond acceptors (Lipinski definition) is 3. The molecule has 0 atom stereocenters. The summed E-state index contributed by atoms with van der Waals surface area (Å²) in [6, 6.07) is 8.17. The number of aromatic nitrogens is 2. The summed E-state index contributed by atoms with van der Waals surface area (Å²) in [7, 11) is 1.84. The van der Waals surface area contributed by atoms with Gasteiger partial charge in [0, 0.05) is 32.1 Å². The third-order valence-corrected chi connectivity index (χ3v) is 5.45. The summed E-state index contributed by atoms with van der Waals surface area (Å²) in [6.07, 6.45) is 5.94. The highest BCUT2D eigenvalue weighted by Gasteiger charge is 2.27. The van der Waals surface area contributed by atoms with Crippen LogP contribution in [0.25, 0.3) is 11.0 Å². The maximum Gasteiger partial charge on any atom is 0.191 e. The second kappa shape index (κ2) is 9.22. The van der Waals surface area contributed by atoms with Crippen molar-refractivity contribution in [2.75, 3.05) is 33.2 Å². The molecular weight excluding hydrogens is 336 g/mol. The molecule has 3 N–H and O–H groups in total. The number of nitrogens with one attached hydrogen (secondary N) is 3. The van der Waals surface area contributed by atoms with Crippen LogP contribution in [0.1, 0.15) is 45.4 Å². The number of para-hydroxylation sites is 2. The smallest absolute Gasteiger partial charge is 0.191 e. The Labute approximate surface area is 162 Å². The largest absolute Gasteiger partial charge is 0.356 e. The third-order valence-electron chi connectivity index (χ3n) is 5.45. The molecule has 148 valence electrons. The van der Waals surface area contributed by atoms with E-state index in [4.69, 9.17) is 0 Å². The molecule has 0 spiro atoms. The van der Waals surface area contributed by atoms with Gasteiger partial charge in [-0.25, -0.2) is 4.98 Å². The molecule has 1 fully saturated rings. The average molecular weight is 371 g/mol. The van der Waals surface area contributed by atoms with Crippen LogP contribution in [-0.2, 0) is 6.42 Å². The van der Waals surface area contributed by atoms with Gasteiger partial charge in [0.25, 0.3) is 0 Å². The van der Waals surface area contributed by atoms with E-state index < -0.39 is 0 Å². The zero-order valence-corrected chi connectivity index (χ0v) is 17.0. The molecule has 1 saturated heterocycles. The quantitative estimate of drug-likeness (QED) is 0.398. The van der Waals surface area contributed by atoms with Gasteiger partial charge >= 0.3 is 0 Å². The minimum absolute atomic E-state index is 0.145. The lowest BCUT2D eigenvalue weighted by molar-refractivity contribution is 0.0982. The summed E-state index contributed by atoms with van der Waals surface area (Å²) in [4.78, 5) is 15.0. The Hall–Kier alpha value is -2.08. The molecular formula is C21H34N6. The number of H-pyrrole nitrogens is 1. The summed E-state index contributed by atoms with van der Waals surface area (Å²) in [6.45, 7) is 8.83. The summed E-state index contributed by atoms with van der Waals surface area (Å²) < 4.78 is 0. The molecule has 0 unspecified atom stereocenters. The number of nitrogens with zero attached hydrogens (tertiary/aromatic N) is 3. The second-order valence-corrected chi connectivity index (χ2v) is 8.02. The first-order valence-electron chi connectivity index (χ1n) is 10.2. The molecule has 6 nitrogen and oxygen atoms in total. The normalized spacial score (nSPS) is 16.6. The number of aromatic amines is 1. The summed E-state index contributed by atoms with van der Waals surface area (Å²) >= 11 is 0. The number of piperidine rings is 1. The van der Waals surface area contributed by atoms with Gasteiger partial charge in [-0.3, -0.25) is 9.89 Å². The van der Waals surface area contributed by atoms with E-state index in [1.807, 2.05) is 25.2 Å². The first-order chi connectivity index (χ1) is 13.1. The van der Waals surface area contributed by atoms with Crippen LogP contribution in [0.15, 0.2) is 29.3 Å². The highest BCUT2D eigenvalue weighted by atomic mass is 15.2. The van der Waals surface area contributed by atoms with Crippen LogP contribution in [0.5, 0.6) is 0 Å². The maximum atomic E-state index is 4.64. The van der Waals surface area contributed by atoms with Crippen LogP contribution in [0, 0.1) is 0 Å². The predicted molar refractivity (Wildman–Crippen MR) is 113 cm³/mol. The molecule has 1 aliphatic heterocycles. The van der Waals surface area contributed by atoms with Crippen LogP contribution in [0.3, 0.4) is 0 Å². The van der Waals surface area contributed by atoms with E-state index in [9.17, 15) is 0 Å². The van der Waals surface area contributed by atoms with E-state index >= 15 is 0 Å². The molecule has 1 aliphatic rings. The predicted octanol–water partition coefficient (Wildman–Crippen LogP) is 2.93. The van der Waals surface area contributed by atoms with E-state index in [1.54, 1.807) is 0 Å². The number of aryl methyl sites for hydroxylation is 1. The number of hydrogen-bond donors (Lipinski definition) is 3. The first-order valence-corrected chi connectivity index (χ1v) is 10.2. The molecule has 0 radical (unpaired) electrons. The maximum absolute atomic E-state index is 4.64. The fraction of sp³-hybridized carbons (Fsp3) is 0.619. The molecule has 27 heavy (non-hydrogen) atoms. The van der Waals surface area contributed by atoms with Crippen molar-refractivity contribution in [1.29, 1.82) is 0 Å². The van der Waals surface area contributed by atoms with Gasteiger partial charge in [0.1, 0.15) is 5.82 Å². The Balaban J connectivity index is 1.39. The van der Waals surface area contributed by atoms with Crippen molar-refractivity contribution < 1.29 is 0 Å². The van der Waals surface area contributed by atoms with Crippen LogP contribution >= 0.6 is 0 Å². The van der Waals surface area contributed by atoms with Gasteiger partial charge in [-0.1, -0.05) is 18.6 Å². The van der Waals surface area contributed by atoms with Crippen molar-refractivity contribution in [3.05, 3.63) is 30.1 Å². The highest BCUT2D eigenvalue weighted by molar-refractivity contribution is 5.79. The first kappa shape index (κ1) is 19.7. The molecule has 0 bridgehead atoms. The van der Waals surface area contributed by atoms with Crippen LogP contribution in [-0.4, -0.2) is 59.6 Å². The van der Waals surface area contributed by atoms with Crippen molar-refractivity contribution in [3.8, 4) is 0 Å². The Kier molecular flexibility index (Phi) is 6.72. The molecule has 6 heteroatoms. The van der Waals surface area contributed by atoms with Gasteiger partial charge in [0.05, 0.1) is 11.0 Å². The minimum atomic E-state index is 0.145. The SMILES string of the molecule is CN=C(NCCCc1nc2ccccc2[nH]1)NCC(C)(C)N1CCCCC1. The lowest BCUT2D eigenvalue weighted by atomic mass is 9.98. The van der Waals surface area contributed by atoms with Crippen molar-refractivity contribution >= 4 is 17.0 Å². The van der Waals surface area contributed by atoms with E-state index in [2.05, 4.69) is 50.4 Å². The van der Waals surface area contributed by atoms with Gasteiger partial charge in [-0.2, -0.15) is 0 Å². The zero-order chi connectivity index (χ0) is 19.1. The van der Waals surface area contributed by atoms with Gasteiger partial charge in [-0.05, 0) is 58.3 Å². The van der Waals surface area contributed by atoms with E-state index in [0.29, 0.717) is 0 Å². The number of likely N-dealkylation sites (tertiary alicyclic amines) is 1. The molecule has 1 aromatic carbocycles. The summed E-state index contributed by atoms with van der Waals surface area (Å²) in [5.74, 6) is 1.93. The van der Waals surface area contributed by atoms with E-state index in [-0.39, 0.29) is 5.54 Å². The molecule has 2 heterocycles. The van der Waals surface area contributed by atoms with Gasteiger partial charge in [-0.15, -0.1) is 0 Å². The fourth-order valence-corrected chi connectivity index (χ4v) is 3.72. The zero-order valence-electron chi connectivity index (χ0n) is 17.0. The number of aliphatic imine (C=N–C) groups is 1. The highest BCUT2D eigenvalue weighted by Crippen LogP contribution is 2.19. The van der Waals surface area contributed by atoms with Crippen molar-refractivity contribution in [1.82, 2.24) is 25.5 Å². The van der Waals surface area contributed by atoms with Crippen LogP contribution in [0.4, 0.5) is 0 Å². The molecule has 1 aromatic heterocycles. The number of benzene rings is 1. The Morgan fingerprint density at radius 2 is 1.96 bits per heavy atom. The summed E-state index contributed by atoms with van der Waals surface area (Å²) in [5.41, 5.74) is 2.29. The molecule has 0 aliphatic carbocycles. The average Bonchev–Trinajstić information content (AvgIpc) is 3.11. The Morgan fingerprint density at radius 1 is 1.19 bits per heavy atom. The van der Waals surface area contributed by atoms with Gasteiger partial charge < -0.3 is 15.6 Å². The number of imidazole rings is 1. The number of rotatable bonds is 7. The molecule has 2 aromatic rings. The standard InChI is InChI=1S/C21H34N6/c1-21(2,27-14-7-4-8-15-27)16-24-20(22-3)23-13-9-12-19-25-17-10-5-6-11-18(17)26-19/h5-6,10-11H,4,7-9,12-16H2,1-3H3,(H,25,26)(H2,22,23,24). The van der Waals surface area contributed by atoms with Crippen LogP contribution in [0.2, 0.25) is 0 Å². The Morgan fingerprint density at radius 3 is 2.70 bits per heavy atom. The van der Waals surface area contributed by atoms with E-state index in [0.717, 1.165) is 48.7 Å². The monoisotopic (exact) mass is 370 g/mol. The van der Waals surface area contributed by atoms with Gasteiger partial charge in [0.15, 0.2) is 5.96 Å². The summed E-state index contributed by atoms with van der Waals surface area (Å²) in [5, 5.41) is 6.93. The lowest BCUT2D eigenvalue weighted by Gasteiger charge is -2.41. The van der Waals surface area contributed by atoms with Crippen molar-refractivity contribution in [2.24, 2.45) is 4.99 Å². The second-order valence-electron chi connectivity index (χ2n) is 8.02. The third kappa shape index (κ3) is 5.45. The van der Waals surface area contributed by atoms with Crippen LogP contribution < -0.4 is 10.6 Å². The van der Waals surface area contributed by atoms with Gasteiger partial charge in [0.2, 0.25) is 0 Å². The topological polar surface area (TPSA) is 68.3 Å².